The van der Waals surface area contributed by atoms with Gasteiger partial charge in [-0.15, -0.1) is 0 Å². The number of unbranched alkanes of at least 4 members (excludes halogenated alkanes) is 3. The Morgan fingerprint density at radius 1 is 0.484 bits per heavy atom. The highest BCUT2D eigenvalue weighted by Crippen LogP contribution is 2.37. The van der Waals surface area contributed by atoms with Crippen molar-refractivity contribution in [1.29, 1.82) is 0 Å². The smallest absolute Gasteiger partial charge is 0.307 e. The van der Waals surface area contributed by atoms with Crippen LogP contribution in [0.2, 0.25) is 0 Å². The van der Waals surface area contributed by atoms with Crippen LogP contribution in [0, 0.1) is 0 Å². The Labute approximate surface area is 357 Å². The molecular weight excluding hydrogens is 808 g/mol. The maximum Gasteiger partial charge on any atom is 0.307 e. The zero-order valence-corrected chi connectivity index (χ0v) is 33.8. The van der Waals surface area contributed by atoms with Crippen molar-refractivity contribution < 1.29 is 79.6 Å². The Morgan fingerprint density at radius 2 is 0.887 bits per heavy atom. The van der Waals surface area contributed by atoms with Crippen molar-refractivity contribution in [3.63, 3.8) is 0 Å². The van der Waals surface area contributed by atoms with Gasteiger partial charge in [0, 0.05) is 11.1 Å². The van der Waals surface area contributed by atoms with Gasteiger partial charge in [-0.05, 0) is 83.3 Å². The predicted octanol–water partition coefficient (Wildman–Crippen LogP) is 1.98. The molecule has 2 aliphatic rings. The summed E-state index contributed by atoms with van der Waals surface area (Å²) >= 11 is 0. The number of aliphatic hydroxyl groups is 8. The van der Waals surface area contributed by atoms with E-state index in [0.29, 0.717) is 46.2 Å². The van der Waals surface area contributed by atoms with Crippen molar-refractivity contribution in [1.82, 2.24) is 0 Å². The Morgan fingerprint density at radius 3 is 1.26 bits per heavy atom. The molecule has 16 heteroatoms. The third-order valence-electron chi connectivity index (χ3n) is 11.1. The van der Waals surface area contributed by atoms with Crippen LogP contribution in [-0.2, 0) is 44.7 Å². The average molecular weight is 863 g/mol. The molecule has 0 radical (unpaired) electrons. The van der Waals surface area contributed by atoms with Gasteiger partial charge in [-0.25, -0.2) is 0 Å². The highest BCUT2D eigenvalue weighted by atomic mass is 16.7. The van der Waals surface area contributed by atoms with E-state index in [4.69, 9.17) is 18.9 Å². The van der Waals surface area contributed by atoms with Gasteiger partial charge in [-0.3, -0.25) is 9.59 Å². The first-order valence-electron chi connectivity index (χ1n) is 20.6. The Kier molecular flexibility index (Phi) is 16.1. The third kappa shape index (κ3) is 11.5. The maximum atomic E-state index is 11.5. The van der Waals surface area contributed by atoms with Crippen LogP contribution >= 0.6 is 0 Å². The van der Waals surface area contributed by atoms with Crippen LogP contribution in [0.25, 0.3) is 22.3 Å². The molecule has 4 aromatic carbocycles. The molecule has 0 amide bonds. The standard InChI is InChI=1S/C46H54O16/c47-23-35-39(53)41(55)43(57)45(61-35)59-33-15-13-25(19-31(33)29-11-5-9-27(17-29)21-37(49)50)7-3-1-2-4-8-26-14-16-34(60-46-44(58)42(56)40(54)36(24-48)62-46)32(20-26)30-12-6-10-28(18-30)22-38(51)52/h5-6,9-20,35-36,39-48,53-58H,1-4,7-8,21-24H2,(H,49,50)(H,51,52)/t35-,36-,39-,40-,41?,42?,43+,44+,45?,46?/m1/s1. The number of carbonyl (C=O) groups is 2. The van der Waals surface area contributed by atoms with Gasteiger partial charge in [0.2, 0.25) is 12.6 Å². The minimum absolute atomic E-state index is 0.197. The summed E-state index contributed by atoms with van der Waals surface area (Å²) in [5.74, 6) is -1.42. The fraction of sp³-hybridized carbons (Fsp3) is 0.435. The average Bonchev–Trinajstić information content (AvgIpc) is 3.25. The van der Waals surface area contributed by atoms with Gasteiger partial charge in [0.1, 0.15) is 60.3 Å². The molecule has 0 bridgehead atoms. The SMILES string of the molecule is O=C(O)Cc1cccc(-c2cc(CCCCCCc3ccc(OC4O[C@H](CO)[C@@H](O)C(O)[C@@H]4O)c(-c4cccc(CC(=O)O)c4)c3)ccc2OC2O[C@H](CO)[C@@H](O)C(O)[C@@H]2O)c1. The minimum Gasteiger partial charge on any atom is -0.481 e. The Balaban J connectivity index is 1.13. The van der Waals surface area contributed by atoms with Crippen LogP contribution in [0.15, 0.2) is 84.9 Å². The van der Waals surface area contributed by atoms with Crippen molar-refractivity contribution in [3.8, 4) is 33.8 Å². The quantitative estimate of drug-likeness (QED) is 0.0604. The number of aliphatic hydroxyl groups excluding tert-OH is 8. The summed E-state index contributed by atoms with van der Waals surface area (Å²) in [5.41, 5.74) is 5.56. The first kappa shape index (κ1) is 46.5. The highest BCUT2D eigenvalue weighted by molar-refractivity contribution is 5.76. The van der Waals surface area contributed by atoms with Gasteiger partial charge in [0.05, 0.1) is 26.1 Å². The van der Waals surface area contributed by atoms with Crippen LogP contribution in [0.4, 0.5) is 0 Å². The first-order valence-corrected chi connectivity index (χ1v) is 20.6. The van der Waals surface area contributed by atoms with Crippen LogP contribution in [-0.4, -0.2) is 138 Å². The molecule has 0 aromatic heterocycles. The van der Waals surface area contributed by atoms with E-state index in [1.165, 1.54) is 0 Å². The van der Waals surface area contributed by atoms with Crippen molar-refractivity contribution in [2.75, 3.05) is 13.2 Å². The third-order valence-corrected chi connectivity index (χ3v) is 11.1. The van der Waals surface area contributed by atoms with Crippen LogP contribution in [0.3, 0.4) is 0 Å². The van der Waals surface area contributed by atoms with Gasteiger partial charge >= 0.3 is 11.9 Å². The zero-order valence-electron chi connectivity index (χ0n) is 33.8. The van der Waals surface area contributed by atoms with Crippen molar-refractivity contribution in [2.24, 2.45) is 0 Å². The lowest BCUT2D eigenvalue weighted by molar-refractivity contribution is -0.277. The molecule has 2 fully saturated rings. The molecule has 2 heterocycles. The molecule has 0 aliphatic carbocycles. The van der Waals surface area contributed by atoms with Crippen LogP contribution in [0.1, 0.15) is 47.9 Å². The van der Waals surface area contributed by atoms with E-state index in [0.717, 1.165) is 36.8 Å². The fourth-order valence-electron chi connectivity index (χ4n) is 7.76. The number of hydrogen-bond donors (Lipinski definition) is 10. The molecule has 6 rings (SSSR count). The van der Waals surface area contributed by atoms with E-state index >= 15 is 0 Å². The molecule has 16 nitrogen and oxygen atoms in total. The number of carboxylic acids is 2. The molecule has 10 N–H and O–H groups in total. The predicted molar refractivity (Wildman–Crippen MR) is 221 cm³/mol. The molecule has 62 heavy (non-hydrogen) atoms. The molecule has 4 aromatic rings. The molecule has 334 valence electrons. The number of aryl methyl sites for hydroxylation is 2. The first-order chi connectivity index (χ1) is 29.8. The van der Waals surface area contributed by atoms with Crippen molar-refractivity contribution in [3.05, 3.63) is 107 Å². The number of aliphatic carboxylic acids is 2. The normalized spacial score (nSPS) is 26.2. The van der Waals surface area contributed by atoms with E-state index in [1.807, 2.05) is 24.3 Å². The lowest BCUT2D eigenvalue weighted by Gasteiger charge is -2.39. The van der Waals surface area contributed by atoms with Crippen LogP contribution in [0.5, 0.6) is 11.5 Å². The second kappa shape index (κ2) is 21.4. The zero-order chi connectivity index (χ0) is 44.5. The van der Waals surface area contributed by atoms with E-state index in [1.54, 1.807) is 60.7 Å². The highest BCUT2D eigenvalue weighted by Gasteiger charge is 2.46. The molecule has 2 aliphatic heterocycles. The lowest BCUT2D eigenvalue weighted by Crippen LogP contribution is -2.60. The van der Waals surface area contributed by atoms with Crippen LogP contribution < -0.4 is 9.47 Å². The maximum absolute atomic E-state index is 11.5. The van der Waals surface area contributed by atoms with E-state index in [2.05, 4.69) is 0 Å². The molecule has 4 unspecified atom stereocenters. The molecular formula is C46H54O16. The van der Waals surface area contributed by atoms with E-state index in [-0.39, 0.29) is 24.3 Å². The van der Waals surface area contributed by atoms with Gasteiger partial charge in [0.15, 0.2) is 0 Å². The second-order valence-corrected chi connectivity index (χ2v) is 15.7. The number of carboxylic acid groups (broad SMARTS) is 2. The lowest BCUT2D eigenvalue weighted by atomic mass is 9.95. The monoisotopic (exact) mass is 862 g/mol. The van der Waals surface area contributed by atoms with Gasteiger partial charge in [0.25, 0.3) is 0 Å². The number of rotatable bonds is 19. The number of hydrogen-bond acceptors (Lipinski definition) is 14. The molecule has 0 spiro atoms. The summed E-state index contributed by atoms with van der Waals surface area (Å²) in [4.78, 5) is 23.0. The van der Waals surface area contributed by atoms with Gasteiger partial charge in [-0.1, -0.05) is 73.5 Å². The minimum atomic E-state index is -1.63. The van der Waals surface area contributed by atoms with Gasteiger partial charge in [-0.2, -0.15) is 0 Å². The van der Waals surface area contributed by atoms with Gasteiger partial charge < -0.3 is 70.0 Å². The summed E-state index contributed by atoms with van der Waals surface area (Å²) in [5, 5.41) is 101. The largest absolute Gasteiger partial charge is 0.481 e. The summed E-state index contributed by atoms with van der Waals surface area (Å²) in [6.07, 6.45) is -10.3. The molecule has 0 saturated carbocycles. The van der Waals surface area contributed by atoms with E-state index in [9.17, 15) is 60.7 Å². The van der Waals surface area contributed by atoms with E-state index < -0.39 is 86.6 Å². The number of benzene rings is 4. The Bertz CT molecular complexity index is 1970. The molecule has 10 atom stereocenters. The summed E-state index contributed by atoms with van der Waals surface area (Å²) in [7, 11) is 0. The topological polar surface area (TPSA) is 273 Å². The van der Waals surface area contributed by atoms with Crippen molar-refractivity contribution in [2.45, 2.75) is 113 Å². The molecule has 2 saturated heterocycles. The summed E-state index contributed by atoms with van der Waals surface area (Å²) in [6, 6.07) is 24.9. The fourth-order valence-corrected chi connectivity index (χ4v) is 7.76. The van der Waals surface area contributed by atoms with Crippen molar-refractivity contribution >= 4 is 11.9 Å². The Hall–Kier alpha value is -4.98. The summed E-state index contributed by atoms with van der Waals surface area (Å²) in [6.45, 7) is -1.23. The number of ether oxygens (including phenoxy) is 4. The summed E-state index contributed by atoms with van der Waals surface area (Å²) < 4.78 is 23.3. The second-order valence-electron chi connectivity index (χ2n) is 15.7.